The second kappa shape index (κ2) is 6.68. The van der Waals surface area contributed by atoms with Crippen LogP contribution in [0.5, 0.6) is 0 Å². The third-order valence-electron chi connectivity index (χ3n) is 5.01. The SMILES string of the molecule is CSc1ccc(/C=C2/C(C)=C(CC=C3CC3)c3cc(F)ccc32)cc1. The number of hydrogen-bond acceptors (Lipinski definition) is 1. The van der Waals surface area contributed by atoms with E-state index in [9.17, 15) is 4.39 Å². The zero-order valence-electron chi connectivity index (χ0n) is 14.6. The Kier molecular flexibility index (Phi) is 4.39. The van der Waals surface area contributed by atoms with Crippen molar-refractivity contribution >= 4 is 29.0 Å². The molecule has 2 aromatic rings. The van der Waals surface area contributed by atoms with Crippen LogP contribution in [0.1, 0.15) is 42.9 Å². The molecule has 0 saturated heterocycles. The van der Waals surface area contributed by atoms with Gasteiger partial charge >= 0.3 is 0 Å². The zero-order valence-corrected chi connectivity index (χ0v) is 15.4. The maximum Gasteiger partial charge on any atom is 0.123 e. The van der Waals surface area contributed by atoms with Crippen molar-refractivity contribution < 1.29 is 4.39 Å². The van der Waals surface area contributed by atoms with E-state index in [4.69, 9.17) is 0 Å². The van der Waals surface area contributed by atoms with Crippen molar-refractivity contribution in [3.05, 3.63) is 82.2 Å². The minimum Gasteiger partial charge on any atom is -0.207 e. The van der Waals surface area contributed by atoms with Crippen molar-refractivity contribution in [3.8, 4) is 0 Å². The molecule has 126 valence electrons. The van der Waals surface area contributed by atoms with E-state index in [0.717, 1.165) is 17.5 Å². The molecule has 0 N–H and O–H groups in total. The molecule has 0 nitrogen and oxygen atoms in total. The Bertz CT molecular complexity index is 908. The van der Waals surface area contributed by atoms with Gasteiger partial charge in [0, 0.05) is 4.90 Å². The van der Waals surface area contributed by atoms with Gasteiger partial charge in [0.1, 0.15) is 5.82 Å². The van der Waals surface area contributed by atoms with Crippen molar-refractivity contribution in [2.24, 2.45) is 0 Å². The van der Waals surface area contributed by atoms with E-state index >= 15 is 0 Å². The lowest BCUT2D eigenvalue weighted by Gasteiger charge is -2.05. The van der Waals surface area contributed by atoms with Crippen LogP contribution in [0.25, 0.3) is 17.2 Å². The van der Waals surface area contributed by atoms with Gasteiger partial charge in [-0.05, 0) is 96.2 Å². The van der Waals surface area contributed by atoms with Crippen LogP contribution in [0.15, 0.2) is 64.6 Å². The van der Waals surface area contributed by atoms with Crippen molar-refractivity contribution in [3.63, 3.8) is 0 Å². The summed E-state index contributed by atoms with van der Waals surface area (Å²) in [4.78, 5) is 1.26. The highest BCUT2D eigenvalue weighted by atomic mass is 32.2. The molecule has 0 unspecified atom stereocenters. The Labute approximate surface area is 153 Å². The molecular formula is C23H21FS. The van der Waals surface area contributed by atoms with E-state index in [1.807, 2.05) is 6.07 Å². The molecular weight excluding hydrogens is 327 g/mol. The van der Waals surface area contributed by atoms with Crippen LogP contribution in [0.2, 0.25) is 0 Å². The average molecular weight is 348 g/mol. The molecule has 25 heavy (non-hydrogen) atoms. The highest BCUT2D eigenvalue weighted by Crippen LogP contribution is 2.44. The van der Waals surface area contributed by atoms with Gasteiger partial charge in [-0.1, -0.05) is 29.8 Å². The summed E-state index contributed by atoms with van der Waals surface area (Å²) in [5, 5.41) is 0. The molecule has 0 heterocycles. The summed E-state index contributed by atoms with van der Waals surface area (Å²) in [5.41, 5.74) is 8.68. The van der Waals surface area contributed by atoms with Crippen molar-refractivity contribution in [1.82, 2.24) is 0 Å². The van der Waals surface area contributed by atoms with Gasteiger partial charge in [0.15, 0.2) is 0 Å². The molecule has 0 atom stereocenters. The highest BCUT2D eigenvalue weighted by molar-refractivity contribution is 7.98. The number of allylic oxidation sites excluding steroid dienone is 5. The summed E-state index contributed by atoms with van der Waals surface area (Å²) >= 11 is 1.75. The van der Waals surface area contributed by atoms with E-state index in [2.05, 4.69) is 49.6 Å². The van der Waals surface area contributed by atoms with Crippen molar-refractivity contribution in [2.45, 2.75) is 31.1 Å². The maximum atomic E-state index is 13.9. The molecule has 2 heteroatoms. The normalized spacial score (nSPS) is 17.2. The Balaban J connectivity index is 1.77. The molecule has 4 rings (SSSR count). The Morgan fingerprint density at radius 1 is 1.04 bits per heavy atom. The minimum absolute atomic E-state index is 0.159. The van der Waals surface area contributed by atoms with Crippen molar-refractivity contribution in [1.29, 1.82) is 0 Å². The number of hydrogen-bond donors (Lipinski definition) is 0. The molecule has 0 aromatic heterocycles. The van der Waals surface area contributed by atoms with Crippen molar-refractivity contribution in [2.75, 3.05) is 6.26 Å². The Morgan fingerprint density at radius 3 is 2.48 bits per heavy atom. The van der Waals surface area contributed by atoms with Crippen LogP contribution in [-0.2, 0) is 0 Å². The number of rotatable bonds is 4. The van der Waals surface area contributed by atoms with Gasteiger partial charge in [-0.15, -0.1) is 11.8 Å². The van der Waals surface area contributed by atoms with Gasteiger partial charge in [-0.3, -0.25) is 0 Å². The van der Waals surface area contributed by atoms with Gasteiger partial charge in [0.25, 0.3) is 0 Å². The second-order valence-electron chi connectivity index (χ2n) is 6.69. The quantitative estimate of drug-likeness (QED) is 0.424. The fraction of sp³-hybridized carbons (Fsp3) is 0.217. The summed E-state index contributed by atoms with van der Waals surface area (Å²) in [6, 6.07) is 13.8. The average Bonchev–Trinajstić information content (AvgIpc) is 3.41. The number of halogens is 1. The molecule has 2 aliphatic carbocycles. The van der Waals surface area contributed by atoms with E-state index in [0.29, 0.717) is 0 Å². The number of fused-ring (bicyclic) bond motifs is 1. The van der Waals surface area contributed by atoms with E-state index in [-0.39, 0.29) is 5.82 Å². The van der Waals surface area contributed by atoms with Crippen LogP contribution in [-0.4, -0.2) is 6.26 Å². The highest BCUT2D eigenvalue weighted by Gasteiger charge is 2.24. The number of thioether (sulfide) groups is 1. The zero-order chi connectivity index (χ0) is 17.4. The van der Waals surface area contributed by atoms with E-state index in [1.54, 1.807) is 23.9 Å². The van der Waals surface area contributed by atoms with E-state index in [1.165, 1.54) is 45.6 Å². The lowest BCUT2D eigenvalue weighted by atomic mass is 10.0. The lowest BCUT2D eigenvalue weighted by Crippen LogP contribution is -1.86. The third kappa shape index (κ3) is 3.36. The first-order valence-electron chi connectivity index (χ1n) is 8.70. The van der Waals surface area contributed by atoms with Crippen LogP contribution in [0.4, 0.5) is 4.39 Å². The standard InChI is InChI=1S/C23H21FS/c1-15-20(11-7-16-3-4-16)23-14-18(24)8-12-21(23)22(15)13-17-5-9-19(25-2)10-6-17/h5-10,12-14H,3-4,11H2,1-2H3/b22-13-. The van der Waals surface area contributed by atoms with E-state index < -0.39 is 0 Å². The van der Waals surface area contributed by atoms with Crippen LogP contribution < -0.4 is 0 Å². The molecule has 0 aliphatic heterocycles. The predicted octanol–water partition coefficient (Wildman–Crippen LogP) is 6.99. The Morgan fingerprint density at radius 2 is 1.80 bits per heavy atom. The summed E-state index contributed by atoms with van der Waals surface area (Å²) in [5.74, 6) is -0.159. The first-order chi connectivity index (χ1) is 12.2. The molecule has 0 spiro atoms. The van der Waals surface area contributed by atoms with Gasteiger partial charge in [0.05, 0.1) is 0 Å². The third-order valence-corrected chi connectivity index (χ3v) is 5.76. The second-order valence-corrected chi connectivity index (χ2v) is 7.57. The van der Waals surface area contributed by atoms with Gasteiger partial charge in [-0.25, -0.2) is 4.39 Å². The van der Waals surface area contributed by atoms with Crippen LogP contribution in [0.3, 0.4) is 0 Å². The minimum atomic E-state index is -0.159. The fourth-order valence-electron chi connectivity index (χ4n) is 3.41. The smallest absolute Gasteiger partial charge is 0.123 e. The first kappa shape index (κ1) is 16.4. The lowest BCUT2D eigenvalue weighted by molar-refractivity contribution is 0.627. The van der Waals surface area contributed by atoms with Crippen LogP contribution in [0, 0.1) is 5.82 Å². The summed E-state index contributed by atoms with van der Waals surface area (Å²) in [6.07, 6.45) is 10.00. The summed E-state index contributed by atoms with van der Waals surface area (Å²) < 4.78 is 13.9. The number of benzene rings is 2. The summed E-state index contributed by atoms with van der Waals surface area (Å²) in [7, 11) is 0. The molecule has 1 fully saturated rings. The molecule has 0 amide bonds. The molecule has 0 radical (unpaired) electrons. The fourth-order valence-corrected chi connectivity index (χ4v) is 3.81. The molecule has 0 bridgehead atoms. The molecule has 1 saturated carbocycles. The first-order valence-corrected chi connectivity index (χ1v) is 9.92. The largest absolute Gasteiger partial charge is 0.207 e. The molecule has 2 aliphatic rings. The maximum absolute atomic E-state index is 13.9. The predicted molar refractivity (Wildman–Crippen MR) is 107 cm³/mol. The van der Waals surface area contributed by atoms with Crippen LogP contribution >= 0.6 is 11.8 Å². The Hall–Kier alpha value is -2.06. The van der Waals surface area contributed by atoms with Gasteiger partial charge in [-0.2, -0.15) is 0 Å². The van der Waals surface area contributed by atoms with Gasteiger partial charge in [0.2, 0.25) is 0 Å². The van der Waals surface area contributed by atoms with Gasteiger partial charge < -0.3 is 0 Å². The monoisotopic (exact) mass is 348 g/mol. The topological polar surface area (TPSA) is 0 Å². The summed E-state index contributed by atoms with van der Waals surface area (Å²) in [6.45, 7) is 2.17. The molecule has 2 aromatic carbocycles.